The molecule has 2 aromatic carbocycles. The molecule has 30 heavy (non-hydrogen) atoms. The van der Waals surface area contributed by atoms with E-state index in [2.05, 4.69) is 16.0 Å². The van der Waals surface area contributed by atoms with Crippen molar-refractivity contribution in [2.24, 2.45) is 0 Å². The van der Waals surface area contributed by atoms with E-state index < -0.39 is 33.9 Å². The van der Waals surface area contributed by atoms with Gasteiger partial charge in [-0.05, 0) is 42.5 Å². The summed E-state index contributed by atoms with van der Waals surface area (Å²) >= 11 is 22.9. The normalized spacial score (nSPS) is 12.6. The first-order valence-electron chi connectivity index (χ1n) is 7.89. The zero-order valence-electron chi connectivity index (χ0n) is 14.6. The molecule has 0 aliphatic carbocycles. The molecule has 0 unspecified atom stereocenters. The van der Waals surface area contributed by atoms with Gasteiger partial charge in [0.05, 0.1) is 5.56 Å². The van der Waals surface area contributed by atoms with E-state index in [1.54, 1.807) is 0 Å². The van der Waals surface area contributed by atoms with Gasteiger partial charge in [-0.25, -0.2) is 9.59 Å². The number of alkyl halides is 6. The summed E-state index contributed by atoms with van der Waals surface area (Å²) in [6.07, 6.45) is -7.45. The zero-order chi connectivity index (χ0) is 22.5. The van der Waals surface area contributed by atoms with Gasteiger partial charge < -0.3 is 10.1 Å². The van der Waals surface area contributed by atoms with Crippen molar-refractivity contribution in [2.45, 2.75) is 16.2 Å². The van der Waals surface area contributed by atoms with Crippen LogP contribution in [0.5, 0.6) is 0 Å². The molecule has 2 rings (SSSR count). The van der Waals surface area contributed by atoms with E-state index in [0.29, 0.717) is 16.8 Å². The summed E-state index contributed by atoms with van der Waals surface area (Å²) in [6.45, 7) is 0. The number of urea groups is 1. The first-order chi connectivity index (χ1) is 13.8. The first kappa shape index (κ1) is 24.2. The van der Waals surface area contributed by atoms with Crippen LogP contribution in [0.2, 0.25) is 5.02 Å². The second kappa shape index (κ2) is 9.82. The van der Waals surface area contributed by atoms with Crippen LogP contribution < -0.4 is 16.0 Å². The second-order valence-electron chi connectivity index (χ2n) is 5.64. The Bertz CT molecular complexity index is 906. The van der Waals surface area contributed by atoms with Crippen molar-refractivity contribution in [1.29, 1.82) is 0 Å². The maximum absolute atomic E-state index is 12.8. The Morgan fingerprint density at radius 1 is 0.933 bits per heavy atom. The SMILES string of the molecule is O=C(Nc1cccc(C(F)(F)F)c1)N[C@@H](OC(=O)Nc1ccc(Cl)cc1)C(Cl)(Cl)Cl. The molecule has 0 fully saturated rings. The lowest BCUT2D eigenvalue weighted by Crippen LogP contribution is -2.49. The molecule has 13 heteroatoms. The Labute approximate surface area is 188 Å². The molecular weight excluding hydrogens is 493 g/mol. The number of benzene rings is 2. The van der Waals surface area contributed by atoms with Crippen LogP contribution in [0, 0.1) is 0 Å². The van der Waals surface area contributed by atoms with Crippen molar-refractivity contribution >= 4 is 69.9 Å². The van der Waals surface area contributed by atoms with Gasteiger partial charge in [-0.2, -0.15) is 13.2 Å². The van der Waals surface area contributed by atoms with Gasteiger partial charge in [-0.3, -0.25) is 10.6 Å². The fourth-order valence-corrected chi connectivity index (χ4v) is 2.45. The average molecular weight is 505 g/mol. The van der Waals surface area contributed by atoms with E-state index in [9.17, 15) is 22.8 Å². The van der Waals surface area contributed by atoms with Crippen LogP contribution in [0.3, 0.4) is 0 Å². The van der Waals surface area contributed by atoms with Crippen LogP contribution in [-0.2, 0) is 10.9 Å². The Kier molecular flexibility index (Phi) is 7.93. The van der Waals surface area contributed by atoms with Gasteiger partial charge in [0.15, 0.2) is 0 Å². The van der Waals surface area contributed by atoms with Gasteiger partial charge >= 0.3 is 18.3 Å². The summed E-state index contributed by atoms with van der Waals surface area (Å²) in [5.74, 6) is 0. The number of hydrogen-bond donors (Lipinski definition) is 3. The number of halogens is 7. The summed E-state index contributed by atoms with van der Waals surface area (Å²) in [4.78, 5) is 24.1. The van der Waals surface area contributed by atoms with Crippen molar-refractivity contribution in [3.8, 4) is 0 Å². The molecule has 0 aromatic heterocycles. The molecule has 1 atom stereocenters. The van der Waals surface area contributed by atoms with Crippen LogP contribution in [-0.4, -0.2) is 22.1 Å². The zero-order valence-corrected chi connectivity index (χ0v) is 17.6. The van der Waals surface area contributed by atoms with E-state index in [1.165, 1.54) is 30.3 Å². The Hall–Kier alpha value is -2.07. The minimum absolute atomic E-state index is 0.184. The number of rotatable bonds is 4. The number of carbonyl (C=O) groups excluding carboxylic acids is 2. The lowest BCUT2D eigenvalue weighted by molar-refractivity contribution is -0.137. The fraction of sp³-hybridized carbons (Fsp3) is 0.176. The van der Waals surface area contributed by atoms with Gasteiger partial charge in [0.25, 0.3) is 0 Å². The molecule has 0 saturated carbocycles. The van der Waals surface area contributed by atoms with Crippen molar-refractivity contribution in [2.75, 3.05) is 10.6 Å². The highest BCUT2D eigenvalue weighted by Crippen LogP contribution is 2.32. The van der Waals surface area contributed by atoms with Gasteiger partial charge in [-0.1, -0.05) is 52.5 Å². The van der Waals surface area contributed by atoms with E-state index in [-0.39, 0.29) is 5.69 Å². The van der Waals surface area contributed by atoms with E-state index in [4.69, 9.17) is 51.1 Å². The minimum Gasteiger partial charge on any atom is -0.421 e. The standard InChI is InChI=1S/C17H12Cl4F3N3O3/c18-10-4-6-11(7-5-10)26-15(29)30-13(16(19,20)21)27-14(28)25-12-3-1-2-9(8-12)17(22,23)24/h1-8,13H,(H,26,29)(H2,25,27,28)/t13-/m0/s1. The molecule has 3 N–H and O–H groups in total. The lowest BCUT2D eigenvalue weighted by Gasteiger charge is -2.25. The molecule has 2 aromatic rings. The predicted octanol–water partition coefficient (Wildman–Crippen LogP) is 6.43. The van der Waals surface area contributed by atoms with Crippen LogP contribution in [0.4, 0.5) is 34.1 Å². The maximum Gasteiger partial charge on any atom is 0.416 e. The monoisotopic (exact) mass is 503 g/mol. The molecule has 0 radical (unpaired) electrons. The molecule has 0 heterocycles. The Morgan fingerprint density at radius 3 is 2.13 bits per heavy atom. The molecule has 0 bridgehead atoms. The topological polar surface area (TPSA) is 79.5 Å². The molecule has 0 saturated heterocycles. The third-order valence-corrected chi connectivity index (χ3v) is 4.17. The summed E-state index contributed by atoms with van der Waals surface area (Å²) in [7, 11) is 0. The van der Waals surface area contributed by atoms with Crippen LogP contribution in [0.1, 0.15) is 5.56 Å². The molecule has 3 amide bonds. The number of nitrogens with one attached hydrogen (secondary N) is 3. The fourth-order valence-electron chi connectivity index (χ4n) is 2.03. The molecular formula is C17H12Cl4F3N3O3. The van der Waals surface area contributed by atoms with Crippen molar-refractivity contribution in [1.82, 2.24) is 5.32 Å². The molecule has 162 valence electrons. The first-order valence-corrected chi connectivity index (χ1v) is 9.40. The number of ether oxygens (including phenoxy) is 1. The number of amides is 3. The van der Waals surface area contributed by atoms with Crippen LogP contribution in [0.15, 0.2) is 48.5 Å². The molecule has 6 nitrogen and oxygen atoms in total. The van der Waals surface area contributed by atoms with Crippen molar-refractivity contribution < 1.29 is 27.5 Å². The summed E-state index contributed by atoms with van der Waals surface area (Å²) in [5, 5.41) is 6.95. The minimum atomic E-state index is -4.60. The van der Waals surface area contributed by atoms with Crippen LogP contribution in [0.25, 0.3) is 0 Å². The average Bonchev–Trinajstić information content (AvgIpc) is 2.62. The van der Waals surface area contributed by atoms with Crippen molar-refractivity contribution in [3.63, 3.8) is 0 Å². The smallest absolute Gasteiger partial charge is 0.416 e. The van der Waals surface area contributed by atoms with Gasteiger partial charge in [0.2, 0.25) is 10.0 Å². The molecule has 0 aliphatic rings. The van der Waals surface area contributed by atoms with Gasteiger partial charge in [0.1, 0.15) is 0 Å². The quantitative estimate of drug-likeness (QED) is 0.331. The summed E-state index contributed by atoms with van der Waals surface area (Å²) < 4.78 is 40.9. The largest absolute Gasteiger partial charge is 0.421 e. The van der Waals surface area contributed by atoms with E-state index >= 15 is 0 Å². The highest BCUT2D eigenvalue weighted by atomic mass is 35.6. The van der Waals surface area contributed by atoms with Crippen LogP contribution >= 0.6 is 46.4 Å². The summed E-state index contributed by atoms with van der Waals surface area (Å²) in [6, 6.07) is 8.73. The summed E-state index contributed by atoms with van der Waals surface area (Å²) in [5.41, 5.74) is -0.853. The highest BCUT2D eigenvalue weighted by molar-refractivity contribution is 6.68. The van der Waals surface area contributed by atoms with E-state index in [1.807, 2.05) is 0 Å². The third-order valence-electron chi connectivity index (χ3n) is 3.32. The van der Waals surface area contributed by atoms with Gasteiger partial charge in [-0.15, -0.1) is 0 Å². The Morgan fingerprint density at radius 2 is 1.57 bits per heavy atom. The lowest BCUT2D eigenvalue weighted by atomic mass is 10.2. The van der Waals surface area contributed by atoms with E-state index in [0.717, 1.165) is 12.1 Å². The second-order valence-corrected chi connectivity index (χ2v) is 8.44. The molecule has 0 spiro atoms. The number of anilines is 2. The van der Waals surface area contributed by atoms with Gasteiger partial charge in [0, 0.05) is 16.4 Å². The predicted molar refractivity (Wildman–Crippen MR) is 109 cm³/mol. The molecule has 0 aliphatic heterocycles. The number of carbonyl (C=O) groups is 2. The number of hydrogen-bond acceptors (Lipinski definition) is 3. The maximum atomic E-state index is 12.8. The van der Waals surface area contributed by atoms with Crippen molar-refractivity contribution in [3.05, 3.63) is 59.1 Å². The third kappa shape index (κ3) is 7.64. The Balaban J connectivity index is 2.03. The highest BCUT2D eigenvalue weighted by Gasteiger charge is 2.38.